The molecule has 0 amide bonds. The molecule has 0 atom stereocenters. The minimum absolute atomic E-state index is 0.224. The second-order valence-corrected chi connectivity index (χ2v) is 7.94. The smallest absolute Gasteiger partial charge is 0.159 e. The molecular formula is C19H23BrN2O. The van der Waals surface area contributed by atoms with E-state index in [1.54, 1.807) is 12.4 Å². The standard InChI is InChI=1S/C19H23BrN2O/c1-19(2,3)11-10-17(23)9-6-14-4-7-15(8-5-14)18-21-12-16(20)13-22-18/h4-5,7-8,12-13H,6,9-11H2,1-3H3. The molecule has 122 valence electrons. The van der Waals surface area contributed by atoms with Crippen LogP contribution in [0.2, 0.25) is 0 Å². The first-order valence-electron chi connectivity index (χ1n) is 7.92. The maximum Gasteiger partial charge on any atom is 0.159 e. The maximum absolute atomic E-state index is 12.0. The Kier molecular flexibility index (Phi) is 6.05. The van der Waals surface area contributed by atoms with Crippen LogP contribution in [0.25, 0.3) is 11.4 Å². The van der Waals surface area contributed by atoms with Gasteiger partial charge in [-0.1, -0.05) is 45.0 Å². The lowest BCUT2D eigenvalue weighted by molar-refractivity contribution is -0.119. The van der Waals surface area contributed by atoms with Crippen molar-refractivity contribution in [2.45, 2.75) is 46.5 Å². The second kappa shape index (κ2) is 7.82. The fraction of sp³-hybridized carbons (Fsp3) is 0.421. The number of aryl methyl sites for hydroxylation is 1. The molecule has 0 bridgehead atoms. The van der Waals surface area contributed by atoms with Gasteiger partial charge in [0, 0.05) is 30.8 Å². The summed E-state index contributed by atoms with van der Waals surface area (Å²) in [4.78, 5) is 20.5. The van der Waals surface area contributed by atoms with Crippen LogP contribution in [0, 0.1) is 5.41 Å². The summed E-state index contributed by atoms with van der Waals surface area (Å²) in [5.41, 5.74) is 2.39. The second-order valence-electron chi connectivity index (χ2n) is 7.02. The van der Waals surface area contributed by atoms with Gasteiger partial charge >= 0.3 is 0 Å². The number of halogens is 1. The van der Waals surface area contributed by atoms with E-state index in [0.717, 1.165) is 22.9 Å². The zero-order valence-electron chi connectivity index (χ0n) is 14.0. The van der Waals surface area contributed by atoms with E-state index in [1.165, 1.54) is 5.56 Å². The number of aromatic nitrogens is 2. The molecule has 0 aliphatic heterocycles. The Hall–Kier alpha value is -1.55. The first-order valence-corrected chi connectivity index (χ1v) is 8.71. The van der Waals surface area contributed by atoms with Gasteiger partial charge in [0.05, 0.1) is 4.47 Å². The molecule has 0 N–H and O–H groups in total. The van der Waals surface area contributed by atoms with Gasteiger partial charge in [-0.15, -0.1) is 0 Å². The van der Waals surface area contributed by atoms with Crippen molar-refractivity contribution in [1.29, 1.82) is 0 Å². The number of Topliss-reactive ketones (excluding diaryl/α,β-unsaturated/α-hetero) is 1. The number of rotatable bonds is 6. The van der Waals surface area contributed by atoms with Crippen molar-refractivity contribution in [3.63, 3.8) is 0 Å². The van der Waals surface area contributed by atoms with Crippen molar-refractivity contribution in [2.24, 2.45) is 5.41 Å². The first-order chi connectivity index (χ1) is 10.8. The molecule has 2 aromatic rings. The van der Waals surface area contributed by atoms with Crippen LogP contribution in [0.4, 0.5) is 0 Å². The summed E-state index contributed by atoms with van der Waals surface area (Å²) in [6.45, 7) is 6.51. The summed E-state index contributed by atoms with van der Waals surface area (Å²) in [6.07, 6.45) is 6.52. The fourth-order valence-corrected chi connectivity index (χ4v) is 2.41. The molecule has 23 heavy (non-hydrogen) atoms. The average molecular weight is 375 g/mol. The summed E-state index contributed by atoms with van der Waals surface area (Å²) in [5, 5.41) is 0. The lowest BCUT2D eigenvalue weighted by Crippen LogP contribution is -2.09. The number of ketones is 1. The van der Waals surface area contributed by atoms with Gasteiger partial charge in [-0.3, -0.25) is 4.79 Å². The molecule has 0 radical (unpaired) electrons. The maximum atomic E-state index is 12.0. The zero-order chi connectivity index (χ0) is 16.9. The Morgan fingerprint density at radius 3 is 2.22 bits per heavy atom. The van der Waals surface area contributed by atoms with Crippen LogP contribution in [-0.2, 0) is 11.2 Å². The highest BCUT2D eigenvalue weighted by Crippen LogP contribution is 2.22. The minimum Gasteiger partial charge on any atom is -0.300 e. The van der Waals surface area contributed by atoms with Crippen LogP contribution < -0.4 is 0 Å². The molecule has 0 spiro atoms. The molecule has 3 nitrogen and oxygen atoms in total. The first kappa shape index (κ1) is 17.8. The summed E-state index contributed by atoms with van der Waals surface area (Å²) < 4.78 is 0.867. The number of carbonyl (C=O) groups is 1. The van der Waals surface area contributed by atoms with Gasteiger partial charge < -0.3 is 0 Å². The van der Waals surface area contributed by atoms with Crippen LogP contribution in [0.1, 0.15) is 45.6 Å². The topological polar surface area (TPSA) is 42.9 Å². The zero-order valence-corrected chi connectivity index (χ0v) is 15.6. The van der Waals surface area contributed by atoms with Crippen molar-refractivity contribution in [2.75, 3.05) is 0 Å². The molecule has 1 aromatic carbocycles. The van der Waals surface area contributed by atoms with Crippen LogP contribution >= 0.6 is 15.9 Å². The average Bonchev–Trinajstić information content (AvgIpc) is 2.51. The Balaban J connectivity index is 1.88. The highest BCUT2D eigenvalue weighted by atomic mass is 79.9. The fourth-order valence-electron chi connectivity index (χ4n) is 2.21. The predicted molar refractivity (Wildman–Crippen MR) is 97.2 cm³/mol. The number of nitrogens with zero attached hydrogens (tertiary/aromatic N) is 2. The van der Waals surface area contributed by atoms with Gasteiger partial charge in [-0.25, -0.2) is 9.97 Å². The van der Waals surface area contributed by atoms with Crippen molar-refractivity contribution >= 4 is 21.7 Å². The van der Waals surface area contributed by atoms with Crippen LogP contribution in [-0.4, -0.2) is 15.8 Å². The lowest BCUT2D eigenvalue weighted by atomic mass is 9.89. The van der Waals surface area contributed by atoms with Crippen molar-refractivity contribution in [1.82, 2.24) is 9.97 Å². The summed E-state index contributed by atoms with van der Waals surface area (Å²) in [6, 6.07) is 8.13. The number of hydrogen-bond donors (Lipinski definition) is 0. The van der Waals surface area contributed by atoms with Crippen LogP contribution in [0.5, 0.6) is 0 Å². The van der Waals surface area contributed by atoms with Gasteiger partial charge in [0.2, 0.25) is 0 Å². The number of hydrogen-bond acceptors (Lipinski definition) is 3. The van der Waals surface area contributed by atoms with Crippen molar-refractivity contribution in [3.8, 4) is 11.4 Å². The summed E-state index contributed by atoms with van der Waals surface area (Å²) in [7, 11) is 0. The number of benzene rings is 1. The molecule has 0 unspecified atom stereocenters. The SMILES string of the molecule is CC(C)(C)CCC(=O)CCc1ccc(-c2ncc(Br)cn2)cc1. The Morgan fingerprint density at radius 1 is 1.04 bits per heavy atom. The molecule has 0 aliphatic carbocycles. The van der Waals surface area contributed by atoms with E-state index in [2.05, 4.69) is 58.8 Å². The molecular weight excluding hydrogens is 352 g/mol. The van der Waals surface area contributed by atoms with E-state index in [9.17, 15) is 4.79 Å². The monoisotopic (exact) mass is 374 g/mol. The Bertz CT molecular complexity index is 643. The van der Waals surface area contributed by atoms with Gasteiger partial charge in [0.25, 0.3) is 0 Å². The van der Waals surface area contributed by atoms with Crippen LogP contribution in [0.3, 0.4) is 0 Å². The predicted octanol–water partition coefficient (Wildman–Crippen LogP) is 5.23. The summed E-state index contributed by atoms with van der Waals surface area (Å²) >= 11 is 3.33. The minimum atomic E-state index is 0.224. The third-order valence-corrected chi connectivity index (χ3v) is 4.09. The molecule has 0 saturated heterocycles. The third kappa shape index (κ3) is 6.22. The van der Waals surface area contributed by atoms with E-state index < -0.39 is 0 Å². The molecule has 4 heteroatoms. The van der Waals surface area contributed by atoms with Gasteiger partial charge in [0.1, 0.15) is 5.78 Å². The number of carbonyl (C=O) groups excluding carboxylic acids is 1. The Labute approximate surface area is 146 Å². The van der Waals surface area contributed by atoms with E-state index >= 15 is 0 Å². The quantitative estimate of drug-likeness (QED) is 0.694. The largest absolute Gasteiger partial charge is 0.300 e. The van der Waals surface area contributed by atoms with Gasteiger partial charge in [-0.05, 0) is 39.8 Å². The normalized spacial score (nSPS) is 11.5. The highest BCUT2D eigenvalue weighted by Gasteiger charge is 2.12. The molecule has 0 aliphatic rings. The van der Waals surface area contributed by atoms with E-state index in [-0.39, 0.29) is 5.41 Å². The van der Waals surface area contributed by atoms with Crippen LogP contribution in [0.15, 0.2) is 41.1 Å². The van der Waals surface area contributed by atoms with Gasteiger partial charge in [0.15, 0.2) is 5.82 Å². The molecule has 1 heterocycles. The third-order valence-electron chi connectivity index (χ3n) is 3.68. The highest BCUT2D eigenvalue weighted by molar-refractivity contribution is 9.10. The molecule has 2 rings (SSSR count). The molecule has 0 fully saturated rings. The van der Waals surface area contributed by atoms with E-state index in [1.807, 2.05) is 12.1 Å². The van der Waals surface area contributed by atoms with E-state index in [0.29, 0.717) is 24.4 Å². The van der Waals surface area contributed by atoms with E-state index in [4.69, 9.17) is 0 Å². The van der Waals surface area contributed by atoms with Crippen molar-refractivity contribution in [3.05, 3.63) is 46.7 Å². The Morgan fingerprint density at radius 2 is 1.65 bits per heavy atom. The lowest BCUT2D eigenvalue weighted by Gasteiger charge is -2.16. The van der Waals surface area contributed by atoms with Crippen molar-refractivity contribution < 1.29 is 4.79 Å². The molecule has 0 saturated carbocycles. The molecule has 1 aromatic heterocycles. The summed E-state index contributed by atoms with van der Waals surface area (Å²) in [5.74, 6) is 1.06. The van der Waals surface area contributed by atoms with Gasteiger partial charge in [-0.2, -0.15) is 0 Å².